The fourth-order valence-corrected chi connectivity index (χ4v) is 2.25. The molecule has 1 amide bonds. The van der Waals surface area contributed by atoms with E-state index in [9.17, 15) is 18.0 Å². The minimum absolute atomic E-state index is 0.0304. The van der Waals surface area contributed by atoms with Gasteiger partial charge in [0.15, 0.2) is 17.6 Å². The summed E-state index contributed by atoms with van der Waals surface area (Å²) in [7, 11) is 1.46. The van der Waals surface area contributed by atoms with Crippen molar-refractivity contribution in [1.29, 1.82) is 0 Å². The molecule has 0 bridgehead atoms. The van der Waals surface area contributed by atoms with Crippen molar-refractivity contribution in [1.82, 2.24) is 0 Å². The maximum Gasteiger partial charge on any atom is 0.417 e. The Morgan fingerprint density at radius 1 is 1.16 bits per heavy atom. The molecule has 134 valence electrons. The number of ether oxygens (including phenoxy) is 2. The summed E-state index contributed by atoms with van der Waals surface area (Å²) in [6.45, 7) is 1.47. The Morgan fingerprint density at radius 3 is 2.40 bits per heavy atom. The van der Waals surface area contributed by atoms with Crippen molar-refractivity contribution in [3.8, 4) is 11.5 Å². The first kappa shape index (κ1) is 18.9. The Morgan fingerprint density at radius 2 is 1.80 bits per heavy atom. The fraction of sp³-hybridized carbons (Fsp3) is 0.235. The van der Waals surface area contributed by atoms with Gasteiger partial charge in [0.05, 0.1) is 17.7 Å². The molecular formula is C17H15ClF3NO3. The molecule has 0 aliphatic rings. The van der Waals surface area contributed by atoms with Gasteiger partial charge in [-0.15, -0.1) is 0 Å². The number of hydrogen-bond acceptors (Lipinski definition) is 3. The topological polar surface area (TPSA) is 47.6 Å². The summed E-state index contributed by atoms with van der Waals surface area (Å²) in [5.41, 5.74) is -1.05. The average Bonchev–Trinajstić information content (AvgIpc) is 2.56. The van der Waals surface area contributed by atoms with Gasteiger partial charge < -0.3 is 14.8 Å². The van der Waals surface area contributed by atoms with Gasteiger partial charge in [-0.3, -0.25) is 4.79 Å². The Kier molecular flexibility index (Phi) is 5.79. The molecule has 1 atom stereocenters. The number of carbonyl (C=O) groups is 1. The molecular weight excluding hydrogens is 359 g/mol. The van der Waals surface area contributed by atoms with E-state index >= 15 is 0 Å². The summed E-state index contributed by atoms with van der Waals surface area (Å²) in [5.74, 6) is 0.175. The second-order valence-corrected chi connectivity index (χ2v) is 5.50. The molecule has 2 rings (SSSR count). The van der Waals surface area contributed by atoms with Crippen molar-refractivity contribution in [3.63, 3.8) is 0 Å². The zero-order valence-corrected chi connectivity index (χ0v) is 14.1. The van der Waals surface area contributed by atoms with E-state index in [-0.39, 0.29) is 5.69 Å². The number of benzene rings is 2. The van der Waals surface area contributed by atoms with Crippen molar-refractivity contribution in [2.24, 2.45) is 0 Å². The zero-order chi connectivity index (χ0) is 18.6. The lowest BCUT2D eigenvalue weighted by Gasteiger charge is -2.17. The lowest BCUT2D eigenvalue weighted by Crippen LogP contribution is -2.30. The van der Waals surface area contributed by atoms with Gasteiger partial charge in [-0.25, -0.2) is 0 Å². The largest absolute Gasteiger partial charge is 0.493 e. The van der Waals surface area contributed by atoms with Crippen LogP contribution in [0.25, 0.3) is 0 Å². The van der Waals surface area contributed by atoms with Crippen LogP contribution in [0.2, 0.25) is 5.02 Å². The summed E-state index contributed by atoms with van der Waals surface area (Å²) in [6, 6.07) is 9.86. The lowest BCUT2D eigenvalue weighted by atomic mass is 10.2. The standard InChI is InChI=1S/C17H15ClF3NO3/c1-10(25-15-6-4-3-5-14(15)24-2)16(23)22-11-7-8-13(18)12(9-11)17(19,20)21/h3-10H,1-2H3,(H,22,23)/t10-/m1/s1. The van der Waals surface area contributed by atoms with Crippen molar-refractivity contribution in [2.45, 2.75) is 19.2 Å². The van der Waals surface area contributed by atoms with E-state index in [0.29, 0.717) is 11.5 Å². The molecule has 0 fully saturated rings. The molecule has 2 aromatic rings. The molecule has 0 aromatic heterocycles. The van der Waals surface area contributed by atoms with Gasteiger partial charge in [0.25, 0.3) is 5.91 Å². The first-order chi connectivity index (χ1) is 11.7. The Hall–Kier alpha value is -2.41. The third kappa shape index (κ3) is 4.79. The van der Waals surface area contributed by atoms with E-state index in [2.05, 4.69) is 5.32 Å². The number of anilines is 1. The molecule has 0 spiro atoms. The van der Waals surface area contributed by atoms with Crippen molar-refractivity contribution >= 4 is 23.2 Å². The van der Waals surface area contributed by atoms with Crippen LogP contribution in [-0.2, 0) is 11.0 Å². The van der Waals surface area contributed by atoms with E-state index < -0.39 is 28.8 Å². The summed E-state index contributed by atoms with van der Waals surface area (Å²) in [4.78, 5) is 12.2. The van der Waals surface area contributed by atoms with Crippen LogP contribution in [0.15, 0.2) is 42.5 Å². The van der Waals surface area contributed by atoms with E-state index in [1.54, 1.807) is 24.3 Å². The molecule has 0 unspecified atom stereocenters. The van der Waals surface area contributed by atoms with Crippen LogP contribution in [0.5, 0.6) is 11.5 Å². The molecule has 1 N–H and O–H groups in total. The summed E-state index contributed by atoms with van der Waals surface area (Å²) in [5, 5.41) is 1.93. The summed E-state index contributed by atoms with van der Waals surface area (Å²) >= 11 is 5.55. The highest BCUT2D eigenvalue weighted by molar-refractivity contribution is 6.31. The lowest BCUT2D eigenvalue weighted by molar-refractivity contribution is -0.137. The van der Waals surface area contributed by atoms with Crippen LogP contribution in [-0.4, -0.2) is 19.1 Å². The number of halogens is 4. The predicted octanol–water partition coefficient (Wildman–Crippen LogP) is 4.77. The predicted molar refractivity (Wildman–Crippen MR) is 88.2 cm³/mol. The third-order valence-corrected chi connectivity index (χ3v) is 3.61. The third-order valence-electron chi connectivity index (χ3n) is 3.28. The summed E-state index contributed by atoms with van der Waals surface area (Å²) in [6.07, 6.45) is -5.57. The maximum atomic E-state index is 12.9. The second kappa shape index (κ2) is 7.65. The highest BCUT2D eigenvalue weighted by atomic mass is 35.5. The first-order valence-corrected chi connectivity index (χ1v) is 7.57. The van der Waals surface area contributed by atoms with Crippen LogP contribution in [0.1, 0.15) is 12.5 Å². The molecule has 8 heteroatoms. The molecule has 0 saturated heterocycles. The SMILES string of the molecule is COc1ccccc1O[C@H](C)C(=O)Nc1ccc(Cl)c(C(F)(F)F)c1. The quantitative estimate of drug-likeness (QED) is 0.821. The minimum Gasteiger partial charge on any atom is -0.493 e. The highest BCUT2D eigenvalue weighted by Crippen LogP contribution is 2.36. The number of rotatable bonds is 5. The number of hydrogen-bond donors (Lipinski definition) is 1. The Labute approximate surface area is 147 Å². The molecule has 25 heavy (non-hydrogen) atoms. The highest BCUT2D eigenvalue weighted by Gasteiger charge is 2.33. The number of amides is 1. The first-order valence-electron chi connectivity index (χ1n) is 7.19. The van der Waals surface area contributed by atoms with Gasteiger partial charge in [0, 0.05) is 5.69 Å². The number of nitrogens with one attached hydrogen (secondary N) is 1. The van der Waals surface area contributed by atoms with Crippen molar-refractivity contribution < 1.29 is 27.4 Å². The monoisotopic (exact) mass is 373 g/mol. The maximum absolute atomic E-state index is 12.9. The molecule has 0 aliphatic heterocycles. The number of methoxy groups -OCH3 is 1. The van der Waals surface area contributed by atoms with Gasteiger partial charge >= 0.3 is 6.18 Å². The van der Waals surface area contributed by atoms with Gasteiger partial charge in [0.2, 0.25) is 0 Å². The van der Waals surface area contributed by atoms with Crippen LogP contribution in [0.3, 0.4) is 0 Å². The normalized spacial score (nSPS) is 12.4. The van der Waals surface area contributed by atoms with E-state index in [1.165, 1.54) is 20.1 Å². The molecule has 2 aromatic carbocycles. The van der Waals surface area contributed by atoms with E-state index in [0.717, 1.165) is 12.1 Å². The van der Waals surface area contributed by atoms with Crippen LogP contribution < -0.4 is 14.8 Å². The average molecular weight is 374 g/mol. The van der Waals surface area contributed by atoms with Crippen molar-refractivity contribution in [3.05, 3.63) is 53.1 Å². The van der Waals surface area contributed by atoms with Crippen LogP contribution in [0, 0.1) is 0 Å². The van der Waals surface area contributed by atoms with E-state index in [4.69, 9.17) is 21.1 Å². The van der Waals surface area contributed by atoms with E-state index in [1.807, 2.05) is 0 Å². The number of carbonyl (C=O) groups excluding carboxylic acids is 1. The van der Waals surface area contributed by atoms with Gasteiger partial charge in [0.1, 0.15) is 0 Å². The van der Waals surface area contributed by atoms with Crippen LogP contribution >= 0.6 is 11.6 Å². The Bertz CT molecular complexity index is 765. The zero-order valence-electron chi connectivity index (χ0n) is 13.4. The molecule has 0 aliphatic carbocycles. The van der Waals surface area contributed by atoms with Gasteiger partial charge in [-0.1, -0.05) is 23.7 Å². The second-order valence-electron chi connectivity index (χ2n) is 5.09. The molecule has 0 heterocycles. The van der Waals surface area contributed by atoms with Crippen molar-refractivity contribution in [2.75, 3.05) is 12.4 Å². The number of alkyl halides is 3. The number of para-hydroxylation sites is 2. The fourth-order valence-electron chi connectivity index (χ4n) is 2.02. The molecule has 0 radical (unpaired) electrons. The van der Waals surface area contributed by atoms with Gasteiger partial charge in [-0.05, 0) is 37.3 Å². The Balaban J connectivity index is 2.11. The van der Waals surface area contributed by atoms with Gasteiger partial charge in [-0.2, -0.15) is 13.2 Å². The minimum atomic E-state index is -4.61. The summed E-state index contributed by atoms with van der Waals surface area (Å²) < 4.78 is 49.2. The molecule has 0 saturated carbocycles. The smallest absolute Gasteiger partial charge is 0.417 e. The molecule has 4 nitrogen and oxygen atoms in total. The van der Waals surface area contributed by atoms with Crippen LogP contribution in [0.4, 0.5) is 18.9 Å².